The fourth-order valence-electron chi connectivity index (χ4n) is 2.72. The number of benzene rings is 1. The van der Waals surface area contributed by atoms with E-state index in [9.17, 15) is 4.79 Å². The number of halogens is 1. The van der Waals surface area contributed by atoms with Crippen LogP contribution in [0.4, 0.5) is 5.69 Å². The number of ether oxygens (including phenoxy) is 1. The third-order valence-electron chi connectivity index (χ3n) is 3.55. The number of methoxy groups -OCH3 is 1. The van der Waals surface area contributed by atoms with Crippen molar-refractivity contribution >= 4 is 27.5 Å². The van der Waals surface area contributed by atoms with Crippen LogP contribution in [-0.2, 0) is 16.0 Å². The highest BCUT2D eigenvalue weighted by atomic mass is 79.9. The smallest absolute Gasteiger partial charge is 0.224 e. The Balaban J connectivity index is 2.53. The number of fused-ring (bicyclic) bond motifs is 1. The number of amides is 1. The van der Waals surface area contributed by atoms with E-state index in [1.54, 1.807) is 14.0 Å². The molecule has 0 saturated carbocycles. The van der Waals surface area contributed by atoms with Crippen molar-refractivity contribution in [3.63, 3.8) is 0 Å². The molecule has 1 aromatic rings. The first-order valence-electron chi connectivity index (χ1n) is 6.04. The Morgan fingerprint density at radius 2 is 2.22 bits per heavy atom. The van der Waals surface area contributed by atoms with Gasteiger partial charge in [0.05, 0.1) is 12.6 Å². The molecule has 0 saturated heterocycles. The molecule has 0 aliphatic carbocycles. The number of carbonyl (C=O) groups is 1. The van der Waals surface area contributed by atoms with Gasteiger partial charge >= 0.3 is 0 Å². The molecule has 1 amide bonds. The number of aryl methyl sites for hydroxylation is 1. The van der Waals surface area contributed by atoms with E-state index in [0.717, 1.165) is 22.1 Å². The highest BCUT2D eigenvalue weighted by molar-refractivity contribution is 9.10. The number of nitrogens with zero attached hydrogens (tertiary/aromatic N) is 1. The van der Waals surface area contributed by atoms with Crippen LogP contribution in [0.3, 0.4) is 0 Å². The number of rotatable bonds is 2. The van der Waals surface area contributed by atoms with Crippen molar-refractivity contribution in [1.82, 2.24) is 0 Å². The molecule has 0 fully saturated rings. The van der Waals surface area contributed by atoms with Crippen LogP contribution in [0.2, 0.25) is 0 Å². The van der Waals surface area contributed by atoms with Gasteiger partial charge in [-0.15, -0.1) is 0 Å². The van der Waals surface area contributed by atoms with Gasteiger partial charge in [-0.1, -0.05) is 15.9 Å². The molecular weight excluding hydrogens is 294 g/mol. The zero-order valence-corrected chi connectivity index (χ0v) is 12.8. The summed E-state index contributed by atoms with van der Waals surface area (Å²) >= 11 is 3.61. The Hall–Kier alpha value is -0.870. The molecule has 1 aliphatic heterocycles. The summed E-state index contributed by atoms with van der Waals surface area (Å²) in [7, 11) is 1.68. The summed E-state index contributed by atoms with van der Waals surface area (Å²) in [4.78, 5) is 13.7. The summed E-state index contributed by atoms with van der Waals surface area (Å²) in [5.74, 6) is 0.0805. The first-order valence-corrected chi connectivity index (χ1v) is 6.84. The van der Waals surface area contributed by atoms with Gasteiger partial charge in [0, 0.05) is 24.2 Å². The Labute approximate surface area is 116 Å². The maximum absolute atomic E-state index is 11.9. The van der Waals surface area contributed by atoms with E-state index in [1.165, 1.54) is 11.1 Å². The van der Waals surface area contributed by atoms with Crippen molar-refractivity contribution < 1.29 is 9.53 Å². The summed E-state index contributed by atoms with van der Waals surface area (Å²) < 4.78 is 6.37. The third-order valence-corrected chi connectivity index (χ3v) is 4.77. The largest absolute Gasteiger partial charge is 0.383 e. The van der Waals surface area contributed by atoms with Gasteiger partial charge in [-0.25, -0.2) is 0 Å². The van der Waals surface area contributed by atoms with E-state index >= 15 is 0 Å². The van der Waals surface area contributed by atoms with Crippen LogP contribution in [0.1, 0.15) is 23.6 Å². The molecule has 1 unspecified atom stereocenters. The third kappa shape index (κ3) is 2.08. The van der Waals surface area contributed by atoms with E-state index in [4.69, 9.17) is 4.74 Å². The summed E-state index contributed by atoms with van der Waals surface area (Å²) in [5, 5.41) is 0. The average molecular weight is 312 g/mol. The zero-order chi connectivity index (χ0) is 13.4. The first kappa shape index (κ1) is 13.6. The SMILES string of the molecule is COCC1Cc2c(cc(C)c(Br)c2C)N1C(C)=O. The summed E-state index contributed by atoms with van der Waals surface area (Å²) in [6, 6.07) is 2.21. The molecule has 18 heavy (non-hydrogen) atoms. The average Bonchev–Trinajstić information content (AvgIpc) is 2.65. The molecule has 98 valence electrons. The van der Waals surface area contributed by atoms with Crippen LogP contribution < -0.4 is 4.90 Å². The molecule has 1 aromatic carbocycles. The first-order chi connectivity index (χ1) is 8.47. The maximum Gasteiger partial charge on any atom is 0.224 e. The standard InChI is InChI=1S/C14H18BrNO2/c1-8-5-13-12(9(2)14(8)15)6-11(7-18-4)16(13)10(3)17/h5,11H,6-7H2,1-4H3. The molecule has 2 rings (SSSR count). The molecule has 4 heteroatoms. The van der Waals surface area contributed by atoms with Gasteiger partial charge in [-0.2, -0.15) is 0 Å². The molecule has 1 aliphatic rings. The van der Waals surface area contributed by atoms with Crippen molar-refractivity contribution in [2.45, 2.75) is 33.2 Å². The second kappa shape index (κ2) is 5.02. The minimum absolute atomic E-state index is 0.0805. The molecule has 0 spiro atoms. The molecule has 1 heterocycles. The fraction of sp³-hybridized carbons (Fsp3) is 0.500. The van der Waals surface area contributed by atoms with E-state index < -0.39 is 0 Å². The van der Waals surface area contributed by atoms with Crippen molar-refractivity contribution in [2.75, 3.05) is 18.6 Å². The summed E-state index contributed by atoms with van der Waals surface area (Å²) in [6.07, 6.45) is 0.869. The van der Waals surface area contributed by atoms with Crippen molar-refractivity contribution in [1.29, 1.82) is 0 Å². The maximum atomic E-state index is 11.9. The van der Waals surface area contributed by atoms with Crippen molar-refractivity contribution in [2.24, 2.45) is 0 Å². The molecule has 0 N–H and O–H groups in total. The van der Waals surface area contributed by atoms with Crippen LogP contribution >= 0.6 is 15.9 Å². The monoisotopic (exact) mass is 311 g/mol. The van der Waals surface area contributed by atoms with E-state index in [0.29, 0.717) is 6.61 Å². The van der Waals surface area contributed by atoms with Gasteiger partial charge < -0.3 is 9.64 Å². The molecule has 0 bridgehead atoms. The lowest BCUT2D eigenvalue weighted by molar-refractivity contribution is -0.117. The van der Waals surface area contributed by atoms with Crippen LogP contribution in [0.15, 0.2) is 10.5 Å². The fourth-order valence-corrected chi connectivity index (χ4v) is 3.08. The quantitative estimate of drug-likeness (QED) is 0.840. The van der Waals surface area contributed by atoms with E-state index in [-0.39, 0.29) is 11.9 Å². The van der Waals surface area contributed by atoms with Gasteiger partial charge in [-0.3, -0.25) is 4.79 Å². The molecule has 3 nitrogen and oxygen atoms in total. The highest BCUT2D eigenvalue weighted by Crippen LogP contribution is 2.39. The zero-order valence-electron chi connectivity index (χ0n) is 11.2. The van der Waals surface area contributed by atoms with E-state index in [1.807, 2.05) is 4.90 Å². The van der Waals surface area contributed by atoms with Crippen LogP contribution in [-0.4, -0.2) is 25.7 Å². The lowest BCUT2D eigenvalue weighted by atomic mass is 10.0. The molecule has 1 atom stereocenters. The number of hydrogen-bond donors (Lipinski definition) is 0. The molecule has 0 aromatic heterocycles. The molecular formula is C14H18BrNO2. The Bertz CT molecular complexity index is 499. The summed E-state index contributed by atoms with van der Waals surface area (Å²) in [5.41, 5.74) is 4.69. The highest BCUT2D eigenvalue weighted by Gasteiger charge is 2.33. The second-order valence-electron chi connectivity index (χ2n) is 4.83. The van der Waals surface area contributed by atoms with Gasteiger partial charge in [0.25, 0.3) is 0 Å². The van der Waals surface area contributed by atoms with Crippen LogP contribution in [0.25, 0.3) is 0 Å². The lowest BCUT2D eigenvalue weighted by Gasteiger charge is -2.23. The normalized spacial score (nSPS) is 18.1. The van der Waals surface area contributed by atoms with Gasteiger partial charge in [0.1, 0.15) is 0 Å². The Morgan fingerprint density at radius 1 is 1.56 bits per heavy atom. The van der Waals surface area contributed by atoms with Crippen molar-refractivity contribution in [3.8, 4) is 0 Å². The Kier molecular flexibility index (Phi) is 3.78. The predicted octanol–water partition coefficient (Wildman–Crippen LogP) is 2.99. The van der Waals surface area contributed by atoms with Gasteiger partial charge in [0.15, 0.2) is 0 Å². The van der Waals surface area contributed by atoms with Gasteiger partial charge in [-0.05, 0) is 43.0 Å². The minimum atomic E-state index is 0.0805. The lowest BCUT2D eigenvalue weighted by Crippen LogP contribution is -2.38. The van der Waals surface area contributed by atoms with Crippen LogP contribution in [0, 0.1) is 13.8 Å². The number of anilines is 1. The topological polar surface area (TPSA) is 29.5 Å². The van der Waals surface area contributed by atoms with Gasteiger partial charge in [0.2, 0.25) is 5.91 Å². The van der Waals surface area contributed by atoms with Crippen molar-refractivity contribution in [3.05, 3.63) is 27.2 Å². The minimum Gasteiger partial charge on any atom is -0.383 e. The molecule has 0 radical (unpaired) electrons. The predicted molar refractivity (Wildman–Crippen MR) is 76.1 cm³/mol. The number of carbonyl (C=O) groups excluding carboxylic acids is 1. The number of hydrogen-bond acceptors (Lipinski definition) is 2. The Morgan fingerprint density at radius 3 is 2.78 bits per heavy atom. The van der Waals surface area contributed by atoms with Crippen LogP contribution in [0.5, 0.6) is 0 Å². The summed E-state index contributed by atoms with van der Waals surface area (Å²) in [6.45, 7) is 6.34. The van der Waals surface area contributed by atoms with E-state index in [2.05, 4.69) is 35.8 Å². The second-order valence-corrected chi connectivity index (χ2v) is 5.63.